The van der Waals surface area contributed by atoms with Gasteiger partial charge in [-0.05, 0) is 73.9 Å². The molecular formula is C45H39N3. The first-order chi connectivity index (χ1) is 23.3. The lowest BCUT2D eigenvalue weighted by atomic mass is 9.63. The van der Waals surface area contributed by atoms with Gasteiger partial charge < -0.3 is 0 Å². The second-order valence-corrected chi connectivity index (χ2v) is 14.4. The van der Waals surface area contributed by atoms with E-state index in [0.717, 1.165) is 28.7 Å². The normalized spacial score (nSPS) is 14.8. The van der Waals surface area contributed by atoms with Gasteiger partial charge in [-0.3, -0.25) is 0 Å². The third-order valence-corrected chi connectivity index (χ3v) is 10.2. The van der Waals surface area contributed by atoms with Crippen molar-refractivity contribution in [2.45, 2.75) is 51.4 Å². The lowest BCUT2D eigenvalue weighted by molar-refractivity contribution is 0.332. The number of rotatable bonds is 5. The molecule has 234 valence electrons. The van der Waals surface area contributed by atoms with Gasteiger partial charge in [0.25, 0.3) is 0 Å². The fraction of sp³-hybridized carbons (Fsp3) is 0.178. The molecule has 1 heterocycles. The van der Waals surface area contributed by atoms with E-state index in [1.807, 2.05) is 18.2 Å². The van der Waals surface area contributed by atoms with Gasteiger partial charge in [0.1, 0.15) is 0 Å². The lowest BCUT2D eigenvalue weighted by Crippen LogP contribution is -2.33. The molecule has 0 amide bonds. The summed E-state index contributed by atoms with van der Waals surface area (Å²) in [6, 6.07) is 49.5. The quantitative estimate of drug-likeness (QED) is 0.192. The van der Waals surface area contributed by atoms with Crippen molar-refractivity contribution >= 4 is 10.8 Å². The molecule has 0 saturated carbocycles. The molecule has 0 atom stereocenters. The van der Waals surface area contributed by atoms with Crippen molar-refractivity contribution in [1.82, 2.24) is 15.0 Å². The predicted octanol–water partition coefficient (Wildman–Crippen LogP) is 11.7. The van der Waals surface area contributed by atoms with Crippen LogP contribution in [0.2, 0.25) is 0 Å². The molecule has 0 spiro atoms. The summed E-state index contributed by atoms with van der Waals surface area (Å²) in [6.07, 6.45) is 2.34. The van der Waals surface area contributed by atoms with Crippen LogP contribution in [-0.4, -0.2) is 15.0 Å². The van der Waals surface area contributed by atoms with Gasteiger partial charge >= 0.3 is 0 Å². The minimum absolute atomic E-state index is 0.0940. The van der Waals surface area contributed by atoms with Gasteiger partial charge in [-0.2, -0.15) is 0 Å². The molecule has 3 heteroatoms. The summed E-state index contributed by atoms with van der Waals surface area (Å²) in [5.74, 6) is 2.05. The van der Waals surface area contributed by atoms with Gasteiger partial charge in [0.2, 0.25) is 0 Å². The van der Waals surface area contributed by atoms with Gasteiger partial charge in [-0.25, -0.2) is 15.0 Å². The Labute approximate surface area is 283 Å². The highest BCUT2D eigenvalue weighted by Gasteiger charge is 2.37. The second-order valence-electron chi connectivity index (χ2n) is 14.4. The summed E-state index contributed by atoms with van der Waals surface area (Å²) in [7, 11) is 0. The summed E-state index contributed by atoms with van der Waals surface area (Å²) < 4.78 is 0. The number of aromatic nitrogens is 3. The molecule has 0 fully saturated rings. The van der Waals surface area contributed by atoms with E-state index in [-0.39, 0.29) is 10.8 Å². The van der Waals surface area contributed by atoms with Gasteiger partial charge in [0, 0.05) is 16.7 Å². The second kappa shape index (κ2) is 11.7. The van der Waals surface area contributed by atoms with Crippen LogP contribution in [0.15, 0.2) is 140 Å². The standard InChI is InChI=1S/C45H39N3/c1-44(2)27-28-45(3,4)39-29-35(25-26-38(39)44)43-47-41(33-15-9-6-10-16-33)46-42(48-43)34-23-21-31(22-24-34)37-20-12-18-32-17-11-19-36(40(32)37)30-13-7-5-8-14-30/h5-26,29H,27-28H2,1-4H3. The van der Waals surface area contributed by atoms with E-state index in [9.17, 15) is 0 Å². The third-order valence-electron chi connectivity index (χ3n) is 10.2. The molecule has 1 aliphatic carbocycles. The summed E-state index contributed by atoms with van der Waals surface area (Å²) in [5.41, 5.74) is 10.9. The van der Waals surface area contributed by atoms with Crippen LogP contribution in [0.4, 0.5) is 0 Å². The monoisotopic (exact) mass is 621 g/mol. The first-order valence-electron chi connectivity index (χ1n) is 16.9. The van der Waals surface area contributed by atoms with Crippen molar-refractivity contribution in [2.24, 2.45) is 0 Å². The van der Waals surface area contributed by atoms with Crippen molar-refractivity contribution in [2.75, 3.05) is 0 Å². The molecule has 0 saturated heterocycles. The van der Waals surface area contributed by atoms with Crippen molar-refractivity contribution in [3.8, 4) is 56.4 Å². The highest BCUT2D eigenvalue weighted by atomic mass is 15.0. The molecule has 0 N–H and O–H groups in total. The van der Waals surface area contributed by atoms with Crippen LogP contribution >= 0.6 is 0 Å². The molecule has 8 rings (SSSR count). The van der Waals surface area contributed by atoms with Gasteiger partial charge in [0.05, 0.1) is 0 Å². The SMILES string of the molecule is CC1(C)CCC(C)(C)c2cc(-c3nc(-c4ccccc4)nc(-c4ccc(-c5cccc6cccc(-c7ccccc7)c56)cc4)n3)ccc21. The Kier molecular flexibility index (Phi) is 7.29. The summed E-state index contributed by atoms with van der Waals surface area (Å²) in [5, 5.41) is 2.48. The van der Waals surface area contributed by atoms with E-state index in [1.54, 1.807) is 0 Å². The fourth-order valence-corrected chi connectivity index (χ4v) is 7.32. The smallest absolute Gasteiger partial charge is 0.164 e. The Hall–Kier alpha value is -5.41. The van der Waals surface area contributed by atoms with E-state index >= 15 is 0 Å². The van der Waals surface area contributed by atoms with Crippen LogP contribution in [0.25, 0.3) is 67.2 Å². The zero-order chi connectivity index (χ0) is 32.9. The topological polar surface area (TPSA) is 38.7 Å². The van der Waals surface area contributed by atoms with Crippen molar-refractivity contribution in [3.63, 3.8) is 0 Å². The van der Waals surface area contributed by atoms with Crippen LogP contribution in [0.3, 0.4) is 0 Å². The molecule has 1 aliphatic rings. The molecule has 6 aromatic carbocycles. The molecule has 0 radical (unpaired) electrons. The minimum atomic E-state index is 0.0940. The summed E-state index contributed by atoms with van der Waals surface area (Å²) in [4.78, 5) is 15.2. The number of hydrogen-bond acceptors (Lipinski definition) is 3. The van der Waals surface area contributed by atoms with Crippen LogP contribution < -0.4 is 0 Å². The zero-order valence-corrected chi connectivity index (χ0v) is 28.0. The summed E-state index contributed by atoms with van der Waals surface area (Å²) in [6.45, 7) is 9.44. The average Bonchev–Trinajstić information content (AvgIpc) is 3.13. The Bertz CT molecular complexity index is 2260. The molecule has 7 aromatic rings. The van der Waals surface area contributed by atoms with Crippen LogP contribution in [0.1, 0.15) is 51.7 Å². The maximum Gasteiger partial charge on any atom is 0.164 e. The van der Waals surface area contributed by atoms with Gasteiger partial charge in [0.15, 0.2) is 17.5 Å². The van der Waals surface area contributed by atoms with E-state index < -0.39 is 0 Å². The number of benzene rings is 6. The largest absolute Gasteiger partial charge is 0.208 e. The molecule has 0 unspecified atom stereocenters. The van der Waals surface area contributed by atoms with Crippen LogP contribution in [-0.2, 0) is 10.8 Å². The number of fused-ring (bicyclic) bond motifs is 2. The molecule has 0 aliphatic heterocycles. The van der Waals surface area contributed by atoms with Gasteiger partial charge in [-0.1, -0.05) is 161 Å². The average molecular weight is 622 g/mol. The Balaban J connectivity index is 1.24. The van der Waals surface area contributed by atoms with E-state index in [2.05, 4.69) is 149 Å². The number of nitrogens with zero attached hydrogens (tertiary/aromatic N) is 3. The molecule has 0 bridgehead atoms. The first-order valence-corrected chi connectivity index (χ1v) is 16.9. The van der Waals surface area contributed by atoms with Crippen molar-refractivity contribution in [3.05, 3.63) is 151 Å². The Morgan fingerprint density at radius 3 is 1.42 bits per heavy atom. The molecular weight excluding hydrogens is 583 g/mol. The molecule has 1 aromatic heterocycles. The molecule has 48 heavy (non-hydrogen) atoms. The molecule has 3 nitrogen and oxygen atoms in total. The third kappa shape index (κ3) is 5.40. The maximum absolute atomic E-state index is 5.12. The Morgan fingerprint density at radius 2 is 0.833 bits per heavy atom. The van der Waals surface area contributed by atoms with E-state index in [0.29, 0.717) is 17.5 Å². The predicted molar refractivity (Wildman–Crippen MR) is 200 cm³/mol. The van der Waals surface area contributed by atoms with E-state index in [4.69, 9.17) is 15.0 Å². The van der Waals surface area contributed by atoms with Crippen molar-refractivity contribution < 1.29 is 0 Å². The Morgan fingerprint density at radius 1 is 0.396 bits per heavy atom. The lowest BCUT2D eigenvalue weighted by Gasteiger charge is -2.42. The van der Waals surface area contributed by atoms with Crippen LogP contribution in [0, 0.1) is 0 Å². The van der Waals surface area contributed by atoms with Crippen molar-refractivity contribution in [1.29, 1.82) is 0 Å². The summed E-state index contributed by atoms with van der Waals surface area (Å²) >= 11 is 0. The number of hydrogen-bond donors (Lipinski definition) is 0. The highest BCUT2D eigenvalue weighted by molar-refractivity contribution is 6.06. The first kappa shape index (κ1) is 30.0. The van der Waals surface area contributed by atoms with Gasteiger partial charge in [-0.15, -0.1) is 0 Å². The van der Waals surface area contributed by atoms with E-state index in [1.165, 1.54) is 45.0 Å². The zero-order valence-electron chi connectivity index (χ0n) is 28.0. The minimum Gasteiger partial charge on any atom is -0.208 e. The van der Waals surface area contributed by atoms with Crippen LogP contribution in [0.5, 0.6) is 0 Å². The maximum atomic E-state index is 5.12. The fourth-order valence-electron chi connectivity index (χ4n) is 7.32. The highest BCUT2D eigenvalue weighted by Crippen LogP contribution is 2.47.